The molecule has 0 aromatic carbocycles. The van der Waals surface area contributed by atoms with E-state index in [9.17, 15) is 4.79 Å². The Labute approximate surface area is 96.3 Å². The van der Waals surface area contributed by atoms with Crippen molar-refractivity contribution >= 4 is 5.91 Å². The van der Waals surface area contributed by atoms with E-state index in [0.29, 0.717) is 12.0 Å². The van der Waals surface area contributed by atoms with Gasteiger partial charge in [0.25, 0.3) is 0 Å². The lowest BCUT2D eigenvalue weighted by atomic mass is 10.0. The number of likely N-dealkylation sites (tertiary alicyclic amines) is 1. The summed E-state index contributed by atoms with van der Waals surface area (Å²) < 4.78 is 5.83. The second-order valence-corrected chi connectivity index (χ2v) is 5.37. The van der Waals surface area contributed by atoms with Crippen molar-refractivity contribution in [2.45, 2.75) is 43.9 Å². The van der Waals surface area contributed by atoms with Crippen molar-refractivity contribution in [1.29, 1.82) is 0 Å². The van der Waals surface area contributed by atoms with Crippen LogP contribution in [0, 0.1) is 5.92 Å². The molecule has 2 unspecified atom stereocenters. The normalized spacial score (nSPS) is 39.4. The molecule has 3 rings (SSSR count). The number of hydrogen-bond donors (Lipinski definition) is 1. The van der Waals surface area contributed by atoms with Crippen molar-refractivity contribution in [2.75, 3.05) is 20.2 Å². The van der Waals surface area contributed by atoms with Crippen LogP contribution in [-0.2, 0) is 9.53 Å². The highest BCUT2D eigenvalue weighted by Gasteiger charge is 2.44. The molecule has 0 spiro atoms. The van der Waals surface area contributed by atoms with Crippen molar-refractivity contribution in [2.24, 2.45) is 5.92 Å². The number of ether oxygens (including phenoxy) is 1. The number of carbonyl (C=O) groups excluding carboxylic acids is 1. The first-order valence-corrected chi connectivity index (χ1v) is 6.38. The standard InChI is InChI=1S/C12H20N2O2/c1-14-7-9(13-12(15)8-4-5-8)11-10(14)3-2-6-16-11/h8-11H,2-7H2,1H3,(H,13,15)/t9-,10?,11?/m1/s1. The van der Waals surface area contributed by atoms with E-state index in [-0.39, 0.29) is 18.1 Å². The average molecular weight is 224 g/mol. The molecule has 0 radical (unpaired) electrons. The highest BCUT2D eigenvalue weighted by atomic mass is 16.5. The van der Waals surface area contributed by atoms with Gasteiger partial charge in [-0.1, -0.05) is 0 Å². The lowest BCUT2D eigenvalue weighted by molar-refractivity contribution is -0.124. The lowest BCUT2D eigenvalue weighted by Crippen LogP contribution is -2.47. The van der Waals surface area contributed by atoms with E-state index >= 15 is 0 Å². The smallest absolute Gasteiger partial charge is 0.223 e. The minimum absolute atomic E-state index is 0.211. The third-order valence-corrected chi connectivity index (χ3v) is 4.06. The van der Waals surface area contributed by atoms with Crippen LogP contribution in [0.1, 0.15) is 25.7 Å². The second kappa shape index (κ2) is 4.00. The number of fused-ring (bicyclic) bond motifs is 1. The number of amides is 1. The van der Waals surface area contributed by atoms with E-state index in [2.05, 4.69) is 17.3 Å². The number of hydrogen-bond acceptors (Lipinski definition) is 3. The molecule has 1 amide bonds. The van der Waals surface area contributed by atoms with Crippen LogP contribution in [-0.4, -0.2) is 49.2 Å². The zero-order valence-corrected chi connectivity index (χ0v) is 9.82. The fourth-order valence-electron chi connectivity index (χ4n) is 2.97. The molecule has 0 aromatic rings. The maximum Gasteiger partial charge on any atom is 0.223 e. The molecule has 3 atom stereocenters. The summed E-state index contributed by atoms with van der Waals surface area (Å²) in [6, 6.07) is 0.724. The minimum atomic E-state index is 0.211. The molecule has 4 nitrogen and oxygen atoms in total. The Kier molecular flexibility index (Phi) is 2.64. The Bertz CT molecular complexity index is 291. The van der Waals surface area contributed by atoms with Crippen LogP contribution in [0.4, 0.5) is 0 Å². The van der Waals surface area contributed by atoms with Crippen LogP contribution in [0.15, 0.2) is 0 Å². The van der Waals surface area contributed by atoms with Gasteiger partial charge in [-0.3, -0.25) is 9.69 Å². The number of nitrogens with zero attached hydrogens (tertiary/aromatic N) is 1. The molecule has 2 heterocycles. The van der Waals surface area contributed by atoms with Gasteiger partial charge in [-0.25, -0.2) is 0 Å². The van der Waals surface area contributed by atoms with Gasteiger partial charge in [-0.05, 0) is 32.7 Å². The second-order valence-electron chi connectivity index (χ2n) is 5.37. The molecular weight excluding hydrogens is 204 g/mol. The summed E-state index contributed by atoms with van der Waals surface area (Å²) in [6.07, 6.45) is 4.72. The van der Waals surface area contributed by atoms with Gasteiger partial charge in [0, 0.05) is 25.1 Å². The van der Waals surface area contributed by atoms with Crippen LogP contribution in [0.25, 0.3) is 0 Å². The third-order valence-electron chi connectivity index (χ3n) is 4.06. The molecule has 3 fully saturated rings. The molecule has 2 aliphatic heterocycles. The molecular formula is C12H20N2O2. The SMILES string of the molecule is CN1C[C@@H](NC(=O)C2CC2)C2OCCCC21. The summed E-state index contributed by atoms with van der Waals surface area (Å²) in [4.78, 5) is 14.1. The first kappa shape index (κ1) is 10.5. The van der Waals surface area contributed by atoms with Gasteiger partial charge in [0.1, 0.15) is 0 Å². The summed E-state index contributed by atoms with van der Waals surface area (Å²) in [5, 5.41) is 3.16. The third kappa shape index (κ3) is 1.84. The van der Waals surface area contributed by atoms with E-state index in [1.165, 1.54) is 6.42 Å². The van der Waals surface area contributed by atoms with E-state index in [4.69, 9.17) is 4.74 Å². The zero-order chi connectivity index (χ0) is 11.1. The molecule has 0 aromatic heterocycles. The highest BCUT2D eigenvalue weighted by molar-refractivity contribution is 5.81. The molecule has 90 valence electrons. The molecule has 0 bridgehead atoms. The van der Waals surface area contributed by atoms with Gasteiger partial charge < -0.3 is 10.1 Å². The zero-order valence-electron chi connectivity index (χ0n) is 9.82. The van der Waals surface area contributed by atoms with Gasteiger partial charge in [0.05, 0.1) is 12.1 Å². The van der Waals surface area contributed by atoms with Crippen LogP contribution in [0.5, 0.6) is 0 Å². The van der Waals surface area contributed by atoms with Gasteiger partial charge in [0.2, 0.25) is 5.91 Å². The van der Waals surface area contributed by atoms with E-state index in [0.717, 1.165) is 32.4 Å². The Balaban J connectivity index is 1.63. The minimum Gasteiger partial charge on any atom is -0.374 e. The van der Waals surface area contributed by atoms with Gasteiger partial charge in [-0.15, -0.1) is 0 Å². The largest absolute Gasteiger partial charge is 0.374 e. The van der Waals surface area contributed by atoms with E-state index in [1.807, 2.05) is 0 Å². The van der Waals surface area contributed by atoms with E-state index in [1.54, 1.807) is 0 Å². The van der Waals surface area contributed by atoms with Crippen LogP contribution in [0.3, 0.4) is 0 Å². The quantitative estimate of drug-likeness (QED) is 0.737. The number of carbonyl (C=O) groups is 1. The summed E-state index contributed by atoms with van der Waals surface area (Å²) in [7, 11) is 2.13. The fourth-order valence-corrected chi connectivity index (χ4v) is 2.97. The lowest BCUT2D eigenvalue weighted by Gasteiger charge is -2.31. The van der Waals surface area contributed by atoms with E-state index < -0.39 is 0 Å². The number of rotatable bonds is 2. The molecule has 3 aliphatic rings. The number of nitrogens with one attached hydrogen (secondary N) is 1. The Morgan fingerprint density at radius 2 is 2.19 bits per heavy atom. The predicted molar refractivity (Wildman–Crippen MR) is 60.0 cm³/mol. The molecule has 1 aliphatic carbocycles. The van der Waals surface area contributed by atoms with Crippen molar-refractivity contribution < 1.29 is 9.53 Å². The van der Waals surface area contributed by atoms with Crippen LogP contribution >= 0.6 is 0 Å². The molecule has 16 heavy (non-hydrogen) atoms. The van der Waals surface area contributed by atoms with Crippen LogP contribution in [0.2, 0.25) is 0 Å². The molecule has 1 N–H and O–H groups in total. The first-order valence-electron chi connectivity index (χ1n) is 6.38. The Morgan fingerprint density at radius 3 is 2.94 bits per heavy atom. The maximum atomic E-state index is 11.8. The summed E-state index contributed by atoms with van der Waals surface area (Å²) in [5.74, 6) is 0.543. The van der Waals surface area contributed by atoms with Crippen molar-refractivity contribution in [3.63, 3.8) is 0 Å². The average Bonchev–Trinajstić information content (AvgIpc) is 3.08. The Morgan fingerprint density at radius 1 is 1.38 bits per heavy atom. The number of likely N-dealkylation sites (N-methyl/N-ethyl adjacent to an activating group) is 1. The monoisotopic (exact) mass is 224 g/mol. The van der Waals surface area contributed by atoms with Crippen molar-refractivity contribution in [3.05, 3.63) is 0 Å². The molecule has 2 saturated heterocycles. The van der Waals surface area contributed by atoms with Crippen molar-refractivity contribution in [1.82, 2.24) is 10.2 Å². The summed E-state index contributed by atoms with van der Waals surface area (Å²) in [5.41, 5.74) is 0. The predicted octanol–water partition coefficient (Wildman–Crippen LogP) is 0.374. The van der Waals surface area contributed by atoms with Gasteiger partial charge in [-0.2, -0.15) is 0 Å². The first-order chi connectivity index (χ1) is 7.75. The van der Waals surface area contributed by atoms with Crippen LogP contribution < -0.4 is 5.32 Å². The van der Waals surface area contributed by atoms with Crippen molar-refractivity contribution in [3.8, 4) is 0 Å². The summed E-state index contributed by atoms with van der Waals surface area (Å²) in [6.45, 7) is 1.79. The molecule has 4 heteroatoms. The molecule has 1 saturated carbocycles. The topological polar surface area (TPSA) is 41.6 Å². The maximum absolute atomic E-state index is 11.8. The highest BCUT2D eigenvalue weighted by Crippen LogP contribution is 2.31. The fraction of sp³-hybridized carbons (Fsp3) is 0.917. The van der Waals surface area contributed by atoms with Gasteiger partial charge in [0.15, 0.2) is 0 Å². The Hall–Kier alpha value is -0.610. The van der Waals surface area contributed by atoms with Gasteiger partial charge >= 0.3 is 0 Å². The summed E-state index contributed by atoms with van der Waals surface area (Å²) >= 11 is 0.